The molecule has 4 nitrogen and oxygen atoms in total. The Bertz CT molecular complexity index is 229. The van der Waals surface area contributed by atoms with Crippen molar-refractivity contribution in [1.82, 2.24) is 5.32 Å². The number of amides is 1. The molecule has 88 valence electrons. The molecule has 1 aliphatic rings. The molecule has 1 amide bonds. The summed E-state index contributed by atoms with van der Waals surface area (Å²) in [6, 6.07) is 0.244. The van der Waals surface area contributed by atoms with Gasteiger partial charge >= 0.3 is 6.09 Å². The van der Waals surface area contributed by atoms with E-state index in [1.165, 1.54) is 12.8 Å². The average molecular weight is 214 g/mol. The number of rotatable bonds is 3. The summed E-state index contributed by atoms with van der Waals surface area (Å²) in [5, 5.41) is 11.3. The van der Waals surface area contributed by atoms with Gasteiger partial charge in [-0.05, 0) is 39.0 Å². The van der Waals surface area contributed by atoms with E-state index in [2.05, 4.69) is 5.32 Å². The Morgan fingerprint density at radius 2 is 2.07 bits per heavy atom. The van der Waals surface area contributed by atoms with Crippen LogP contribution in [0.2, 0.25) is 0 Å². The Kier molecular flexibility index (Phi) is 3.97. The van der Waals surface area contributed by atoms with E-state index >= 15 is 0 Å². The number of nitrogens with two attached hydrogens (primary N) is 1. The molecule has 0 aromatic rings. The predicted octanol–water partition coefficient (Wildman–Crippen LogP) is 1.94. The average Bonchev–Trinajstić information content (AvgIpc) is 2.06. The molecule has 0 radical (unpaired) electrons. The first-order valence-electron chi connectivity index (χ1n) is 5.67. The van der Waals surface area contributed by atoms with E-state index in [4.69, 9.17) is 10.8 Å². The Hall–Kier alpha value is -0.770. The molecular weight excluding hydrogens is 192 g/mol. The minimum absolute atomic E-state index is 0.244. The quantitative estimate of drug-likeness (QED) is 0.672. The van der Waals surface area contributed by atoms with Crippen molar-refractivity contribution in [3.63, 3.8) is 0 Å². The van der Waals surface area contributed by atoms with Gasteiger partial charge < -0.3 is 16.2 Å². The lowest BCUT2D eigenvalue weighted by atomic mass is 9.78. The molecule has 0 spiro atoms. The van der Waals surface area contributed by atoms with Gasteiger partial charge in [0.15, 0.2) is 0 Å². The van der Waals surface area contributed by atoms with Gasteiger partial charge in [0, 0.05) is 11.6 Å². The lowest BCUT2D eigenvalue weighted by molar-refractivity contribution is 0.168. The fraction of sp³-hybridized carbons (Fsp3) is 0.909. The summed E-state index contributed by atoms with van der Waals surface area (Å²) in [6.07, 6.45) is 4.52. The molecule has 0 bridgehead atoms. The van der Waals surface area contributed by atoms with Gasteiger partial charge in [-0.3, -0.25) is 0 Å². The molecule has 0 heterocycles. The van der Waals surface area contributed by atoms with Crippen LogP contribution in [-0.2, 0) is 0 Å². The molecule has 15 heavy (non-hydrogen) atoms. The first kappa shape index (κ1) is 12.3. The maximum Gasteiger partial charge on any atom is 0.405 e. The maximum absolute atomic E-state index is 10.6. The minimum atomic E-state index is -0.954. The fourth-order valence-corrected chi connectivity index (χ4v) is 2.49. The van der Waals surface area contributed by atoms with E-state index < -0.39 is 6.09 Å². The molecule has 0 unspecified atom stereocenters. The van der Waals surface area contributed by atoms with Crippen molar-refractivity contribution in [1.29, 1.82) is 0 Å². The van der Waals surface area contributed by atoms with Gasteiger partial charge in [0.2, 0.25) is 0 Å². The van der Waals surface area contributed by atoms with Gasteiger partial charge in [-0.1, -0.05) is 12.8 Å². The molecule has 1 fully saturated rings. The summed E-state index contributed by atoms with van der Waals surface area (Å²) in [6.45, 7) is 3.84. The standard InChI is InChI=1S/C11H22N2O2/c1-11(2,13-10(14)15)7-8-5-3-4-6-9(8)12/h8-9,13H,3-7,12H2,1-2H3,(H,14,15)/t8-,9+/m0/s1. The van der Waals surface area contributed by atoms with Crippen molar-refractivity contribution in [2.45, 2.75) is 57.5 Å². The molecular formula is C11H22N2O2. The summed E-state index contributed by atoms with van der Waals surface area (Å²) in [5.41, 5.74) is 5.67. The van der Waals surface area contributed by atoms with E-state index in [0.29, 0.717) is 5.92 Å². The third-order valence-electron chi connectivity index (χ3n) is 3.19. The van der Waals surface area contributed by atoms with Crippen LogP contribution in [0.4, 0.5) is 4.79 Å². The number of hydrogen-bond donors (Lipinski definition) is 3. The van der Waals surface area contributed by atoms with Crippen LogP contribution in [0, 0.1) is 5.92 Å². The van der Waals surface area contributed by atoms with Gasteiger partial charge in [0.25, 0.3) is 0 Å². The van der Waals surface area contributed by atoms with Crippen LogP contribution in [0.15, 0.2) is 0 Å². The second-order valence-corrected chi connectivity index (χ2v) is 5.23. The number of hydrogen-bond acceptors (Lipinski definition) is 2. The third-order valence-corrected chi connectivity index (χ3v) is 3.19. The minimum Gasteiger partial charge on any atom is -0.465 e. The zero-order valence-electron chi connectivity index (χ0n) is 9.62. The van der Waals surface area contributed by atoms with Crippen molar-refractivity contribution < 1.29 is 9.90 Å². The molecule has 1 rings (SSSR count). The Morgan fingerprint density at radius 3 is 2.60 bits per heavy atom. The molecule has 0 saturated heterocycles. The number of carbonyl (C=O) groups is 1. The highest BCUT2D eigenvalue weighted by Crippen LogP contribution is 2.29. The SMILES string of the molecule is CC(C)(C[C@@H]1CCCC[C@H]1N)NC(=O)O. The molecule has 1 aliphatic carbocycles. The van der Waals surface area contributed by atoms with E-state index in [9.17, 15) is 4.79 Å². The Balaban J connectivity index is 2.47. The first-order valence-corrected chi connectivity index (χ1v) is 5.67. The van der Waals surface area contributed by atoms with Crippen molar-refractivity contribution >= 4 is 6.09 Å². The summed E-state index contributed by atoms with van der Waals surface area (Å²) in [5.74, 6) is 0.459. The van der Waals surface area contributed by atoms with Gasteiger partial charge in [0.05, 0.1) is 0 Å². The van der Waals surface area contributed by atoms with Crippen LogP contribution in [0.25, 0.3) is 0 Å². The Labute approximate surface area is 91.2 Å². The van der Waals surface area contributed by atoms with Crippen molar-refractivity contribution in [3.8, 4) is 0 Å². The zero-order chi connectivity index (χ0) is 11.5. The monoisotopic (exact) mass is 214 g/mol. The third kappa shape index (κ3) is 4.08. The van der Waals surface area contributed by atoms with Gasteiger partial charge in [-0.2, -0.15) is 0 Å². The molecule has 0 aromatic carbocycles. The van der Waals surface area contributed by atoms with E-state index in [-0.39, 0.29) is 11.6 Å². The smallest absolute Gasteiger partial charge is 0.405 e. The van der Waals surface area contributed by atoms with Crippen molar-refractivity contribution in [3.05, 3.63) is 0 Å². The summed E-state index contributed by atoms with van der Waals surface area (Å²) in [4.78, 5) is 10.6. The molecule has 1 saturated carbocycles. The second-order valence-electron chi connectivity index (χ2n) is 5.23. The lowest BCUT2D eigenvalue weighted by Crippen LogP contribution is -2.47. The normalized spacial score (nSPS) is 27.4. The highest BCUT2D eigenvalue weighted by Gasteiger charge is 2.29. The van der Waals surface area contributed by atoms with E-state index in [0.717, 1.165) is 19.3 Å². The van der Waals surface area contributed by atoms with Crippen LogP contribution in [0.3, 0.4) is 0 Å². The second kappa shape index (κ2) is 4.84. The summed E-state index contributed by atoms with van der Waals surface area (Å²) < 4.78 is 0. The van der Waals surface area contributed by atoms with Crippen LogP contribution in [0.1, 0.15) is 46.0 Å². The first-order chi connectivity index (χ1) is 6.91. The number of nitrogens with one attached hydrogen (secondary N) is 1. The zero-order valence-corrected chi connectivity index (χ0v) is 9.62. The molecule has 0 aromatic heterocycles. The Morgan fingerprint density at radius 1 is 1.47 bits per heavy atom. The highest BCUT2D eigenvalue weighted by atomic mass is 16.4. The van der Waals surface area contributed by atoms with Crippen LogP contribution < -0.4 is 11.1 Å². The van der Waals surface area contributed by atoms with Crippen LogP contribution >= 0.6 is 0 Å². The van der Waals surface area contributed by atoms with Crippen molar-refractivity contribution in [2.24, 2.45) is 11.7 Å². The topological polar surface area (TPSA) is 75.3 Å². The van der Waals surface area contributed by atoms with Crippen LogP contribution in [0.5, 0.6) is 0 Å². The van der Waals surface area contributed by atoms with Gasteiger partial charge in [-0.15, -0.1) is 0 Å². The van der Waals surface area contributed by atoms with E-state index in [1.807, 2.05) is 13.8 Å². The van der Waals surface area contributed by atoms with Crippen LogP contribution in [-0.4, -0.2) is 22.8 Å². The molecule has 4 heteroatoms. The molecule has 2 atom stereocenters. The van der Waals surface area contributed by atoms with Crippen molar-refractivity contribution in [2.75, 3.05) is 0 Å². The predicted molar refractivity (Wildman–Crippen MR) is 59.8 cm³/mol. The maximum atomic E-state index is 10.6. The van der Waals surface area contributed by atoms with Gasteiger partial charge in [0.1, 0.15) is 0 Å². The van der Waals surface area contributed by atoms with Gasteiger partial charge in [-0.25, -0.2) is 4.79 Å². The largest absolute Gasteiger partial charge is 0.465 e. The molecule has 0 aliphatic heterocycles. The molecule has 4 N–H and O–H groups in total. The fourth-order valence-electron chi connectivity index (χ4n) is 2.49. The number of carboxylic acid groups (broad SMARTS) is 1. The lowest BCUT2D eigenvalue weighted by Gasteiger charge is -2.35. The van der Waals surface area contributed by atoms with E-state index in [1.54, 1.807) is 0 Å². The summed E-state index contributed by atoms with van der Waals surface area (Å²) in [7, 11) is 0. The summed E-state index contributed by atoms with van der Waals surface area (Å²) >= 11 is 0. The highest BCUT2D eigenvalue weighted by molar-refractivity contribution is 5.65.